The van der Waals surface area contributed by atoms with Crippen LogP contribution >= 0.6 is 11.8 Å². The Morgan fingerprint density at radius 2 is 1.89 bits per heavy atom. The molecule has 27 heavy (non-hydrogen) atoms. The molecule has 0 spiro atoms. The molecule has 5 nitrogen and oxygen atoms in total. The molecule has 0 aliphatic heterocycles. The monoisotopic (exact) mass is 392 g/mol. The third kappa shape index (κ3) is 4.77. The highest BCUT2D eigenvalue weighted by Gasteiger charge is 2.15. The van der Waals surface area contributed by atoms with Gasteiger partial charge in [0.2, 0.25) is 11.7 Å². The molecular weight excluding hydrogens is 374 g/mol. The van der Waals surface area contributed by atoms with E-state index < -0.39 is 6.61 Å². The van der Waals surface area contributed by atoms with E-state index in [4.69, 9.17) is 9.26 Å². The summed E-state index contributed by atoms with van der Waals surface area (Å²) < 4.78 is 39.6. The Kier molecular flexibility index (Phi) is 5.95. The van der Waals surface area contributed by atoms with Crippen molar-refractivity contribution in [1.29, 1.82) is 0 Å². The molecule has 0 N–H and O–H groups in total. The number of methoxy groups -OCH3 is 1. The van der Waals surface area contributed by atoms with Crippen molar-refractivity contribution in [2.45, 2.75) is 31.1 Å². The van der Waals surface area contributed by atoms with Crippen molar-refractivity contribution in [1.82, 2.24) is 10.1 Å². The van der Waals surface area contributed by atoms with E-state index in [2.05, 4.69) is 46.9 Å². The van der Waals surface area contributed by atoms with Gasteiger partial charge >= 0.3 is 6.61 Å². The van der Waals surface area contributed by atoms with Gasteiger partial charge in [-0.05, 0) is 55.3 Å². The first-order valence-corrected chi connectivity index (χ1v) is 9.10. The molecule has 1 aromatic heterocycles. The Bertz CT molecular complexity index is 931. The van der Waals surface area contributed by atoms with Crippen LogP contribution in [0.15, 0.2) is 45.8 Å². The maximum absolute atomic E-state index is 12.4. The molecule has 142 valence electrons. The summed E-state index contributed by atoms with van der Waals surface area (Å²) in [6.45, 7) is 1.21. The van der Waals surface area contributed by atoms with Crippen molar-refractivity contribution in [3.05, 3.63) is 53.4 Å². The first-order chi connectivity index (χ1) is 13.0. The second kappa shape index (κ2) is 8.39. The number of alkyl halides is 2. The van der Waals surface area contributed by atoms with Crippen LogP contribution in [0.25, 0.3) is 11.4 Å². The van der Waals surface area contributed by atoms with Gasteiger partial charge in [0.15, 0.2) is 11.5 Å². The minimum Gasteiger partial charge on any atom is -0.493 e. The lowest BCUT2D eigenvalue weighted by molar-refractivity contribution is -0.0512. The predicted octanol–water partition coefficient (Wildman–Crippen LogP) is 5.26. The third-order valence-electron chi connectivity index (χ3n) is 3.95. The van der Waals surface area contributed by atoms with Crippen LogP contribution in [-0.4, -0.2) is 23.9 Å². The van der Waals surface area contributed by atoms with Crippen LogP contribution in [0.5, 0.6) is 11.5 Å². The molecule has 3 rings (SSSR count). The third-order valence-corrected chi connectivity index (χ3v) is 4.93. The van der Waals surface area contributed by atoms with Crippen molar-refractivity contribution in [3.8, 4) is 22.9 Å². The summed E-state index contributed by atoms with van der Waals surface area (Å²) in [6.07, 6.45) is 0. The number of aromatic nitrogens is 2. The van der Waals surface area contributed by atoms with Crippen molar-refractivity contribution in [2.75, 3.05) is 7.11 Å². The highest BCUT2D eigenvalue weighted by molar-refractivity contribution is 7.98. The molecule has 0 radical (unpaired) electrons. The first kappa shape index (κ1) is 19.2. The fraction of sp³-hybridized carbons (Fsp3) is 0.263. The lowest BCUT2D eigenvalue weighted by atomic mass is 10.1. The maximum Gasteiger partial charge on any atom is 0.387 e. The number of rotatable bonds is 7. The first-order valence-electron chi connectivity index (χ1n) is 8.12. The van der Waals surface area contributed by atoms with E-state index in [1.54, 1.807) is 17.8 Å². The standard InChI is InChI=1S/C19H18F2N2O3S/c1-11-4-6-14(8-12(11)2)27-10-17-22-18(23-26-17)13-5-7-15(25-19(20)21)16(9-13)24-3/h4-9,19H,10H2,1-3H3. The number of hydrogen-bond acceptors (Lipinski definition) is 6. The van der Waals surface area contributed by atoms with E-state index in [1.165, 1.54) is 30.4 Å². The van der Waals surface area contributed by atoms with Gasteiger partial charge in [-0.25, -0.2) is 0 Å². The number of aryl methyl sites for hydroxylation is 2. The lowest BCUT2D eigenvalue weighted by Gasteiger charge is -2.10. The molecule has 0 aliphatic rings. The lowest BCUT2D eigenvalue weighted by Crippen LogP contribution is -2.03. The molecule has 3 aromatic rings. The minimum atomic E-state index is -2.93. The molecule has 0 bridgehead atoms. The summed E-state index contributed by atoms with van der Waals surface area (Å²) in [6, 6.07) is 10.7. The molecular formula is C19H18F2N2O3S. The van der Waals surface area contributed by atoms with E-state index in [-0.39, 0.29) is 11.5 Å². The Hall–Kier alpha value is -2.61. The smallest absolute Gasteiger partial charge is 0.387 e. The molecule has 8 heteroatoms. The number of thioether (sulfide) groups is 1. The maximum atomic E-state index is 12.4. The fourth-order valence-electron chi connectivity index (χ4n) is 2.38. The van der Waals surface area contributed by atoms with Gasteiger partial charge in [0.1, 0.15) is 0 Å². The highest BCUT2D eigenvalue weighted by Crippen LogP contribution is 2.33. The van der Waals surface area contributed by atoms with Gasteiger partial charge in [-0.2, -0.15) is 13.8 Å². The van der Waals surface area contributed by atoms with E-state index in [0.29, 0.717) is 23.0 Å². The molecule has 0 saturated carbocycles. The molecule has 0 unspecified atom stereocenters. The van der Waals surface area contributed by atoms with Gasteiger partial charge in [-0.3, -0.25) is 0 Å². The number of benzene rings is 2. The zero-order chi connectivity index (χ0) is 19.4. The summed E-state index contributed by atoms with van der Waals surface area (Å²) >= 11 is 1.60. The Morgan fingerprint density at radius 1 is 1.07 bits per heavy atom. The van der Waals surface area contributed by atoms with E-state index in [9.17, 15) is 8.78 Å². The van der Waals surface area contributed by atoms with Gasteiger partial charge in [-0.15, -0.1) is 11.8 Å². The molecule has 0 aliphatic carbocycles. The fourth-order valence-corrected chi connectivity index (χ4v) is 3.21. The molecule has 0 atom stereocenters. The second-order valence-corrected chi connectivity index (χ2v) is 6.84. The van der Waals surface area contributed by atoms with Crippen LogP contribution in [0.1, 0.15) is 17.0 Å². The van der Waals surface area contributed by atoms with Gasteiger partial charge in [-0.1, -0.05) is 11.2 Å². The Balaban J connectivity index is 1.72. The summed E-state index contributed by atoms with van der Waals surface area (Å²) in [5, 5.41) is 3.95. The average molecular weight is 392 g/mol. The van der Waals surface area contributed by atoms with Crippen LogP contribution in [0.3, 0.4) is 0 Å². The van der Waals surface area contributed by atoms with Crippen LogP contribution in [-0.2, 0) is 5.75 Å². The van der Waals surface area contributed by atoms with Crippen molar-refractivity contribution in [2.24, 2.45) is 0 Å². The summed E-state index contributed by atoms with van der Waals surface area (Å²) in [5.41, 5.74) is 3.05. The molecule has 2 aromatic carbocycles. The quantitative estimate of drug-likeness (QED) is 0.512. The minimum absolute atomic E-state index is 0.0507. The van der Waals surface area contributed by atoms with Crippen LogP contribution in [0, 0.1) is 13.8 Å². The average Bonchev–Trinajstić information content (AvgIpc) is 3.11. The molecule has 0 saturated heterocycles. The summed E-state index contributed by atoms with van der Waals surface area (Å²) in [7, 11) is 1.37. The summed E-state index contributed by atoms with van der Waals surface area (Å²) in [4.78, 5) is 5.48. The van der Waals surface area contributed by atoms with Gasteiger partial charge in [0.05, 0.1) is 12.9 Å². The van der Waals surface area contributed by atoms with Crippen LogP contribution < -0.4 is 9.47 Å². The van der Waals surface area contributed by atoms with Gasteiger partial charge in [0.25, 0.3) is 0 Å². The Labute approximate surface area is 159 Å². The number of halogens is 2. The SMILES string of the molecule is COc1cc(-c2noc(CSc3ccc(C)c(C)c3)n2)ccc1OC(F)F. The van der Waals surface area contributed by atoms with E-state index in [0.717, 1.165) is 4.90 Å². The van der Waals surface area contributed by atoms with Gasteiger partial charge < -0.3 is 14.0 Å². The largest absolute Gasteiger partial charge is 0.493 e. The van der Waals surface area contributed by atoms with Crippen molar-refractivity contribution < 1.29 is 22.8 Å². The number of nitrogens with zero attached hydrogens (tertiary/aromatic N) is 2. The molecule has 0 amide bonds. The Morgan fingerprint density at radius 3 is 2.59 bits per heavy atom. The zero-order valence-electron chi connectivity index (χ0n) is 15.0. The zero-order valence-corrected chi connectivity index (χ0v) is 15.8. The molecule has 0 fully saturated rings. The summed E-state index contributed by atoms with van der Waals surface area (Å²) in [5.74, 6) is 1.47. The van der Waals surface area contributed by atoms with E-state index in [1.807, 2.05) is 0 Å². The number of hydrogen-bond donors (Lipinski definition) is 0. The van der Waals surface area contributed by atoms with Crippen LogP contribution in [0.4, 0.5) is 8.78 Å². The highest BCUT2D eigenvalue weighted by atomic mass is 32.2. The second-order valence-electron chi connectivity index (χ2n) is 5.79. The molecule has 1 heterocycles. The number of ether oxygens (including phenoxy) is 2. The van der Waals surface area contributed by atoms with Crippen molar-refractivity contribution >= 4 is 11.8 Å². The van der Waals surface area contributed by atoms with Crippen LogP contribution in [0.2, 0.25) is 0 Å². The normalized spacial score (nSPS) is 11.0. The van der Waals surface area contributed by atoms with Crippen molar-refractivity contribution in [3.63, 3.8) is 0 Å². The topological polar surface area (TPSA) is 57.4 Å². The predicted molar refractivity (Wildman–Crippen MR) is 98.4 cm³/mol. The van der Waals surface area contributed by atoms with Gasteiger partial charge in [0, 0.05) is 10.5 Å². The van der Waals surface area contributed by atoms with E-state index >= 15 is 0 Å².